The van der Waals surface area contributed by atoms with Crippen molar-refractivity contribution in [1.82, 2.24) is 0 Å². The molecule has 0 radical (unpaired) electrons. The Morgan fingerprint density at radius 1 is 1.21 bits per heavy atom. The molecule has 2 aliphatic rings. The first-order chi connectivity index (χ1) is 6.59. The molecule has 1 aliphatic heterocycles. The van der Waals surface area contributed by atoms with Crippen LogP contribution in [0.1, 0.15) is 30.5 Å². The summed E-state index contributed by atoms with van der Waals surface area (Å²) >= 11 is 0. The van der Waals surface area contributed by atoms with Crippen molar-refractivity contribution in [2.45, 2.75) is 32.1 Å². The first-order valence-corrected chi connectivity index (χ1v) is 5.46. The van der Waals surface area contributed by atoms with Crippen LogP contribution in [-0.2, 0) is 18.3 Å². The van der Waals surface area contributed by atoms with Gasteiger partial charge in [-0.1, -0.05) is 19.9 Å². The van der Waals surface area contributed by atoms with Gasteiger partial charge in [0.25, 0.3) is 0 Å². The van der Waals surface area contributed by atoms with Crippen molar-refractivity contribution in [1.29, 1.82) is 0 Å². The summed E-state index contributed by atoms with van der Waals surface area (Å²) in [4.78, 5) is 2.38. The molecule has 0 saturated heterocycles. The maximum Gasteiger partial charge on any atom is 0.0399 e. The topological polar surface area (TPSA) is 3.24 Å². The highest BCUT2D eigenvalue weighted by Gasteiger charge is 2.37. The Hall–Kier alpha value is -0.980. The van der Waals surface area contributed by atoms with Crippen LogP contribution < -0.4 is 4.90 Å². The minimum absolute atomic E-state index is 0.436. The molecule has 0 fully saturated rings. The van der Waals surface area contributed by atoms with Crippen LogP contribution in [0.15, 0.2) is 12.1 Å². The van der Waals surface area contributed by atoms with Gasteiger partial charge in [-0.3, -0.25) is 0 Å². The van der Waals surface area contributed by atoms with Crippen molar-refractivity contribution in [3.8, 4) is 0 Å². The molecule has 0 spiro atoms. The molecular weight excluding hydrogens is 170 g/mol. The van der Waals surface area contributed by atoms with Crippen LogP contribution in [0.25, 0.3) is 0 Å². The van der Waals surface area contributed by atoms with E-state index in [9.17, 15) is 0 Å². The SMILES string of the molecule is CN1CCc2c1ccc1c2CC1(C)C. The number of benzene rings is 1. The second-order valence-corrected chi connectivity index (χ2v) is 5.32. The Morgan fingerprint density at radius 3 is 2.71 bits per heavy atom. The second-order valence-electron chi connectivity index (χ2n) is 5.32. The monoisotopic (exact) mass is 187 g/mol. The molecule has 1 aliphatic carbocycles. The van der Waals surface area contributed by atoms with Gasteiger partial charge in [-0.05, 0) is 41.0 Å². The average Bonchev–Trinajstić information content (AvgIpc) is 2.47. The van der Waals surface area contributed by atoms with Crippen molar-refractivity contribution in [3.05, 3.63) is 28.8 Å². The van der Waals surface area contributed by atoms with Crippen LogP contribution in [-0.4, -0.2) is 13.6 Å². The normalized spacial score (nSPS) is 21.5. The molecule has 14 heavy (non-hydrogen) atoms. The van der Waals surface area contributed by atoms with Crippen molar-refractivity contribution in [2.75, 3.05) is 18.5 Å². The highest BCUT2D eigenvalue weighted by molar-refractivity contribution is 5.66. The zero-order valence-electron chi connectivity index (χ0n) is 9.22. The molecule has 74 valence electrons. The quantitative estimate of drug-likeness (QED) is 0.603. The fourth-order valence-corrected chi connectivity index (χ4v) is 2.98. The number of rotatable bonds is 0. The van der Waals surface area contributed by atoms with Gasteiger partial charge in [-0.2, -0.15) is 0 Å². The zero-order valence-corrected chi connectivity index (χ0v) is 9.22. The lowest BCUT2D eigenvalue weighted by Gasteiger charge is -2.39. The van der Waals surface area contributed by atoms with Gasteiger partial charge in [-0.25, -0.2) is 0 Å². The number of fused-ring (bicyclic) bond motifs is 3. The molecule has 1 nitrogen and oxygen atoms in total. The van der Waals surface area contributed by atoms with Crippen LogP contribution in [0.4, 0.5) is 5.69 Å². The van der Waals surface area contributed by atoms with E-state index < -0.39 is 0 Å². The van der Waals surface area contributed by atoms with Gasteiger partial charge in [0.15, 0.2) is 0 Å². The zero-order chi connectivity index (χ0) is 9.92. The van der Waals surface area contributed by atoms with Gasteiger partial charge in [0.2, 0.25) is 0 Å². The van der Waals surface area contributed by atoms with E-state index in [1.54, 1.807) is 16.7 Å². The number of likely N-dealkylation sites (N-methyl/N-ethyl adjacent to an activating group) is 1. The molecule has 0 aromatic heterocycles. The van der Waals surface area contributed by atoms with E-state index in [2.05, 4.69) is 37.9 Å². The van der Waals surface area contributed by atoms with E-state index in [1.165, 1.54) is 25.1 Å². The first-order valence-electron chi connectivity index (χ1n) is 5.46. The Bertz CT molecular complexity index is 404. The highest BCUT2D eigenvalue weighted by atomic mass is 15.1. The number of anilines is 1. The van der Waals surface area contributed by atoms with Crippen LogP contribution in [0, 0.1) is 0 Å². The molecule has 3 rings (SSSR count). The summed E-state index contributed by atoms with van der Waals surface area (Å²) in [5.74, 6) is 0. The summed E-state index contributed by atoms with van der Waals surface area (Å²) in [6, 6.07) is 4.64. The predicted octanol–water partition coefficient (Wildman–Crippen LogP) is 2.51. The summed E-state index contributed by atoms with van der Waals surface area (Å²) in [6.45, 7) is 5.90. The minimum atomic E-state index is 0.436. The molecule has 0 bridgehead atoms. The first kappa shape index (κ1) is 8.34. The van der Waals surface area contributed by atoms with Crippen molar-refractivity contribution < 1.29 is 0 Å². The third kappa shape index (κ3) is 0.853. The maximum atomic E-state index is 2.38. The standard InChI is InChI=1S/C13H17N/c1-13(2)8-10-9-6-7-14(3)12(9)5-4-11(10)13/h4-5H,6-8H2,1-3H3. The molecule has 0 atom stereocenters. The molecular formula is C13H17N. The van der Waals surface area contributed by atoms with Gasteiger partial charge >= 0.3 is 0 Å². The van der Waals surface area contributed by atoms with Crippen LogP contribution in [0.2, 0.25) is 0 Å². The van der Waals surface area contributed by atoms with E-state index in [0.29, 0.717) is 5.41 Å². The van der Waals surface area contributed by atoms with E-state index in [0.717, 1.165) is 0 Å². The summed E-state index contributed by atoms with van der Waals surface area (Å²) in [5.41, 5.74) is 6.78. The Balaban J connectivity index is 2.17. The summed E-state index contributed by atoms with van der Waals surface area (Å²) in [6.07, 6.45) is 2.53. The lowest BCUT2D eigenvalue weighted by molar-refractivity contribution is 0.452. The highest BCUT2D eigenvalue weighted by Crippen LogP contribution is 2.46. The van der Waals surface area contributed by atoms with Gasteiger partial charge in [0, 0.05) is 19.3 Å². The lowest BCUT2D eigenvalue weighted by Crippen LogP contribution is -2.33. The molecule has 1 aromatic carbocycles. The van der Waals surface area contributed by atoms with Gasteiger partial charge < -0.3 is 4.90 Å². The van der Waals surface area contributed by atoms with Gasteiger partial charge in [0.1, 0.15) is 0 Å². The van der Waals surface area contributed by atoms with Crippen molar-refractivity contribution in [2.24, 2.45) is 0 Å². The third-order valence-corrected chi connectivity index (χ3v) is 3.86. The van der Waals surface area contributed by atoms with E-state index in [1.807, 2.05) is 0 Å². The number of hydrogen-bond acceptors (Lipinski definition) is 1. The second kappa shape index (κ2) is 2.33. The van der Waals surface area contributed by atoms with Crippen LogP contribution in [0.3, 0.4) is 0 Å². The molecule has 1 heterocycles. The third-order valence-electron chi connectivity index (χ3n) is 3.86. The Morgan fingerprint density at radius 2 is 2.00 bits per heavy atom. The van der Waals surface area contributed by atoms with Crippen molar-refractivity contribution >= 4 is 5.69 Å². The largest absolute Gasteiger partial charge is 0.374 e. The smallest absolute Gasteiger partial charge is 0.0399 e. The number of nitrogens with zero attached hydrogens (tertiary/aromatic N) is 1. The molecule has 0 N–H and O–H groups in total. The average molecular weight is 187 g/mol. The minimum Gasteiger partial charge on any atom is -0.374 e. The van der Waals surface area contributed by atoms with Crippen LogP contribution >= 0.6 is 0 Å². The molecule has 0 amide bonds. The van der Waals surface area contributed by atoms with Crippen molar-refractivity contribution in [3.63, 3.8) is 0 Å². The fourth-order valence-electron chi connectivity index (χ4n) is 2.98. The lowest BCUT2D eigenvalue weighted by atomic mass is 9.65. The summed E-state index contributed by atoms with van der Waals surface area (Å²) in [5, 5.41) is 0. The Kier molecular flexibility index (Phi) is 1.39. The molecule has 1 heteroatoms. The molecule has 1 aromatic rings. The molecule has 0 unspecified atom stereocenters. The van der Waals surface area contributed by atoms with E-state index in [-0.39, 0.29) is 0 Å². The fraction of sp³-hybridized carbons (Fsp3) is 0.538. The van der Waals surface area contributed by atoms with Gasteiger partial charge in [0.05, 0.1) is 0 Å². The molecule has 0 saturated carbocycles. The van der Waals surface area contributed by atoms with E-state index in [4.69, 9.17) is 0 Å². The summed E-state index contributed by atoms with van der Waals surface area (Å²) in [7, 11) is 2.20. The maximum absolute atomic E-state index is 2.38. The van der Waals surface area contributed by atoms with Gasteiger partial charge in [-0.15, -0.1) is 0 Å². The van der Waals surface area contributed by atoms with Crippen LogP contribution in [0.5, 0.6) is 0 Å². The summed E-state index contributed by atoms with van der Waals surface area (Å²) < 4.78 is 0. The predicted molar refractivity (Wildman–Crippen MR) is 60.1 cm³/mol. The Labute approximate surface area is 85.7 Å². The van der Waals surface area contributed by atoms with E-state index >= 15 is 0 Å². The number of hydrogen-bond donors (Lipinski definition) is 0.